The zero-order valence-electron chi connectivity index (χ0n) is 17.3. The number of aliphatic hydroxyl groups is 1. The van der Waals surface area contributed by atoms with E-state index in [1.807, 2.05) is 42.6 Å². The minimum Gasteiger partial charge on any atom is -0.391 e. The molecule has 0 saturated carbocycles. The molecule has 1 unspecified atom stereocenters. The van der Waals surface area contributed by atoms with Crippen LogP contribution < -0.4 is 0 Å². The Hall–Kier alpha value is -3.03. The van der Waals surface area contributed by atoms with E-state index in [1.165, 1.54) is 0 Å². The van der Waals surface area contributed by atoms with Crippen LogP contribution in [-0.2, 0) is 17.7 Å². The predicted octanol–water partition coefficient (Wildman–Crippen LogP) is 3.02. The summed E-state index contributed by atoms with van der Waals surface area (Å²) in [4.78, 5) is 14.6. The van der Waals surface area contributed by atoms with Crippen molar-refractivity contribution in [2.24, 2.45) is 0 Å². The van der Waals surface area contributed by atoms with E-state index in [2.05, 4.69) is 5.10 Å². The monoisotopic (exact) mass is 421 g/mol. The molecule has 0 radical (unpaired) electrons. The van der Waals surface area contributed by atoms with Gasteiger partial charge in [-0.1, -0.05) is 12.1 Å². The number of hydrogen-bond acceptors (Lipinski definition) is 4. The number of carbonyl (C=O) groups excluding carboxylic acids is 1. The van der Waals surface area contributed by atoms with Crippen LogP contribution in [0.25, 0.3) is 5.69 Å². The highest BCUT2D eigenvalue weighted by atomic mass is 19.1. The quantitative estimate of drug-likeness (QED) is 0.703. The number of carbonyl (C=O) groups is 1. The van der Waals surface area contributed by atoms with Crippen LogP contribution in [0.15, 0.2) is 48.8 Å². The predicted molar refractivity (Wildman–Crippen MR) is 113 cm³/mol. The molecule has 0 spiro atoms. The summed E-state index contributed by atoms with van der Waals surface area (Å²) in [6.45, 7) is 2.68. The lowest BCUT2D eigenvalue weighted by atomic mass is 9.95. The van der Waals surface area contributed by atoms with Gasteiger partial charge in [0.15, 0.2) is 0 Å². The zero-order chi connectivity index (χ0) is 21.5. The van der Waals surface area contributed by atoms with Gasteiger partial charge in [-0.05, 0) is 60.7 Å². The molecule has 1 amide bonds. The van der Waals surface area contributed by atoms with E-state index in [0.717, 1.165) is 16.8 Å². The smallest absolute Gasteiger partial charge is 0.255 e. The molecule has 3 aromatic rings. The number of halogens is 1. The van der Waals surface area contributed by atoms with E-state index in [0.29, 0.717) is 36.1 Å². The molecule has 1 fully saturated rings. The number of nitrogens with zero attached hydrogens (tertiary/aromatic N) is 3. The summed E-state index contributed by atoms with van der Waals surface area (Å²) >= 11 is 0. The van der Waals surface area contributed by atoms with Gasteiger partial charge in [-0.25, -0.2) is 9.07 Å². The summed E-state index contributed by atoms with van der Waals surface area (Å²) in [6, 6.07) is 11.2. The number of hydrogen-bond donors (Lipinski definition) is 1. The van der Waals surface area contributed by atoms with Crippen molar-refractivity contribution in [2.75, 3.05) is 13.2 Å². The van der Waals surface area contributed by atoms with Crippen LogP contribution in [-0.4, -0.2) is 51.1 Å². The molecule has 0 aliphatic carbocycles. The standard InChI is InChI=1S/C24H24FN3O3/c1-15-17(11-16-3-5-18(6-4-16)28-9-2-8-26-28)12-19-20(23(15)25)13-27(24(19)30)21-14-31-10-7-22(21)29/h2-6,8-9,12,21-22,29H,7,10-11,13-14H2,1H3/t21-,22?/m0/s1. The van der Waals surface area contributed by atoms with Crippen molar-refractivity contribution in [1.82, 2.24) is 14.7 Å². The summed E-state index contributed by atoms with van der Waals surface area (Å²) < 4.78 is 22.5. The van der Waals surface area contributed by atoms with Crippen LogP contribution >= 0.6 is 0 Å². The Morgan fingerprint density at radius 1 is 1.29 bits per heavy atom. The van der Waals surface area contributed by atoms with Crippen molar-refractivity contribution in [2.45, 2.75) is 38.5 Å². The van der Waals surface area contributed by atoms with Gasteiger partial charge in [0.25, 0.3) is 5.91 Å². The van der Waals surface area contributed by atoms with Crippen LogP contribution in [0.3, 0.4) is 0 Å². The lowest BCUT2D eigenvalue weighted by molar-refractivity contribution is -0.0529. The molecule has 7 heteroatoms. The van der Waals surface area contributed by atoms with Gasteiger partial charge in [-0.2, -0.15) is 5.10 Å². The number of rotatable bonds is 4. The highest BCUT2D eigenvalue weighted by Crippen LogP contribution is 2.33. The first-order valence-corrected chi connectivity index (χ1v) is 10.5. The van der Waals surface area contributed by atoms with Gasteiger partial charge in [0.1, 0.15) is 5.82 Å². The first kappa shape index (κ1) is 19.9. The topological polar surface area (TPSA) is 67.6 Å². The number of ether oxygens (including phenoxy) is 1. The van der Waals surface area contributed by atoms with Crippen molar-refractivity contribution >= 4 is 5.91 Å². The SMILES string of the molecule is Cc1c(Cc2ccc(-n3cccn3)cc2)cc2c(c1F)CN([C@H]1COCCC1O)C2=O. The molecule has 1 N–H and O–H groups in total. The maximum Gasteiger partial charge on any atom is 0.255 e. The van der Waals surface area contributed by atoms with Gasteiger partial charge in [-0.3, -0.25) is 4.79 Å². The Bertz CT molecular complexity index is 1110. The fourth-order valence-electron chi connectivity index (χ4n) is 4.47. The van der Waals surface area contributed by atoms with E-state index < -0.39 is 12.1 Å². The molecule has 3 heterocycles. The lowest BCUT2D eigenvalue weighted by Gasteiger charge is -2.34. The van der Waals surface area contributed by atoms with Crippen LogP contribution in [0, 0.1) is 12.7 Å². The van der Waals surface area contributed by atoms with Crippen molar-refractivity contribution in [1.29, 1.82) is 0 Å². The van der Waals surface area contributed by atoms with Crippen molar-refractivity contribution in [3.8, 4) is 5.69 Å². The highest BCUT2D eigenvalue weighted by molar-refractivity contribution is 5.99. The van der Waals surface area contributed by atoms with Crippen molar-refractivity contribution in [3.05, 3.63) is 82.4 Å². The third kappa shape index (κ3) is 3.54. The largest absolute Gasteiger partial charge is 0.391 e. The van der Waals surface area contributed by atoms with Crippen molar-refractivity contribution < 1.29 is 19.0 Å². The Labute approximate surface area is 179 Å². The first-order chi connectivity index (χ1) is 15.0. The minimum absolute atomic E-state index is 0.171. The Morgan fingerprint density at radius 3 is 2.81 bits per heavy atom. The molecule has 160 valence electrons. The molecule has 2 atom stereocenters. The first-order valence-electron chi connectivity index (χ1n) is 10.5. The van der Waals surface area contributed by atoms with Crippen LogP contribution in [0.1, 0.15) is 39.0 Å². The van der Waals surface area contributed by atoms with Gasteiger partial charge < -0.3 is 14.7 Å². The second-order valence-corrected chi connectivity index (χ2v) is 8.23. The molecule has 2 aliphatic heterocycles. The Morgan fingerprint density at radius 2 is 2.10 bits per heavy atom. The maximum absolute atomic E-state index is 15.2. The molecule has 0 bridgehead atoms. The number of amides is 1. The molecule has 2 aliphatic rings. The average molecular weight is 421 g/mol. The molecule has 1 aromatic heterocycles. The number of fused-ring (bicyclic) bond motifs is 1. The van der Waals surface area contributed by atoms with E-state index in [-0.39, 0.29) is 24.9 Å². The summed E-state index contributed by atoms with van der Waals surface area (Å²) in [6.07, 6.45) is 3.96. The number of aromatic nitrogens is 2. The second kappa shape index (κ2) is 7.90. The van der Waals surface area contributed by atoms with Gasteiger partial charge >= 0.3 is 0 Å². The highest BCUT2D eigenvalue weighted by Gasteiger charge is 2.39. The molecule has 1 saturated heterocycles. The Balaban J connectivity index is 1.41. The molecule has 5 rings (SSSR count). The summed E-state index contributed by atoms with van der Waals surface area (Å²) in [7, 11) is 0. The third-order valence-electron chi connectivity index (χ3n) is 6.33. The fraction of sp³-hybridized carbons (Fsp3) is 0.333. The van der Waals surface area contributed by atoms with E-state index in [9.17, 15) is 9.90 Å². The van der Waals surface area contributed by atoms with E-state index in [4.69, 9.17) is 4.74 Å². The Kier molecular flexibility index (Phi) is 5.08. The zero-order valence-corrected chi connectivity index (χ0v) is 17.3. The van der Waals surface area contributed by atoms with Crippen molar-refractivity contribution in [3.63, 3.8) is 0 Å². The van der Waals surface area contributed by atoms with Gasteiger partial charge in [0.2, 0.25) is 0 Å². The molecule has 2 aromatic carbocycles. The third-order valence-corrected chi connectivity index (χ3v) is 6.33. The van der Waals surface area contributed by atoms with Gasteiger partial charge in [0, 0.05) is 30.1 Å². The van der Waals surface area contributed by atoms with E-state index in [1.54, 1.807) is 22.7 Å². The summed E-state index contributed by atoms with van der Waals surface area (Å²) in [5, 5.41) is 14.5. The van der Waals surface area contributed by atoms with Crippen LogP contribution in [0.5, 0.6) is 0 Å². The number of benzene rings is 2. The van der Waals surface area contributed by atoms with Crippen LogP contribution in [0.4, 0.5) is 4.39 Å². The molecular weight excluding hydrogens is 397 g/mol. The number of aliphatic hydroxyl groups excluding tert-OH is 1. The minimum atomic E-state index is -0.649. The van der Waals surface area contributed by atoms with Gasteiger partial charge in [0.05, 0.1) is 31.0 Å². The second-order valence-electron chi connectivity index (χ2n) is 8.23. The normalized spacial score (nSPS) is 20.9. The lowest BCUT2D eigenvalue weighted by Crippen LogP contribution is -2.49. The average Bonchev–Trinajstić information content (AvgIpc) is 3.42. The molecule has 6 nitrogen and oxygen atoms in total. The summed E-state index contributed by atoms with van der Waals surface area (Å²) in [5.74, 6) is -0.568. The maximum atomic E-state index is 15.2. The molecular formula is C24H24FN3O3. The van der Waals surface area contributed by atoms with E-state index >= 15 is 4.39 Å². The molecule has 31 heavy (non-hydrogen) atoms. The summed E-state index contributed by atoms with van der Waals surface area (Å²) in [5.41, 5.74) is 4.13. The van der Waals surface area contributed by atoms with Gasteiger partial charge in [-0.15, -0.1) is 0 Å². The fourth-order valence-corrected chi connectivity index (χ4v) is 4.47. The van der Waals surface area contributed by atoms with Crippen LogP contribution in [0.2, 0.25) is 0 Å².